The van der Waals surface area contributed by atoms with Crippen LogP contribution in [0.2, 0.25) is 0 Å². The molecule has 1 amide bonds. The zero-order valence-electron chi connectivity index (χ0n) is 12.0. The quantitative estimate of drug-likeness (QED) is 0.591. The van der Waals surface area contributed by atoms with E-state index in [4.69, 9.17) is 9.84 Å². The zero-order valence-corrected chi connectivity index (χ0v) is 12.0. The summed E-state index contributed by atoms with van der Waals surface area (Å²) in [4.78, 5) is 33.9. The third-order valence-corrected chi connectivity index (χ3v) is 2.55. The van der Waals surface area contributed by atoms with Crippen molar-refractivity contribution in [2.24, 2.45) is 0 Å². The van der Waals surface area contributed by atoms with Crippen LogP contribution in [-0.2, 0) is 14.3 Å². The lowest BCUT2D eigenvalue weighted by atomic mass is 10.3. The van der Waals surface area contributed by atoms with Crippen molar-refractivity contribution < 1.29 is 24.2 Å². The van der Waals surface area contributed by atoms with Crippen LogP contribution in [0.1, 0.15) is 37.2 Å². The molecule has 0 fully saturated rings. The number of nitrogens with one attached hydrogen (secondary N) is 1. The van der Waals surface area contributed by atoms with Crippen LogP contribution in [0.3, 0.4) is 0 Å². The lowest BCUT2D eigenvalue weighted by molar-refractivity contribution is -0.140. The second kappa shape index (κ2) is 7.22. The molecular weight excluding hydrogens is 278 g/mol. The van der Waals surface area contributed by atoms with E-state index in [1.807, 2.05) is 0 Å². The number of esters is 1. The highest BCUT2D eigenvalue weighted by atomic mass is 16.5. The fourth-order valence-electron chi connectivity index (χ4n) is 1.43. The van der Waals surface area contributed by atoms with E-state index in [1.165, 1.54) is 24.0 Å². The van der Waals surface area contributed by atoms with Gasteiger partial charge in [0.15, 0.2) is 0 Å². The van der Waals surface area contributed by atoms with Gasteiger partial charge in [-0.2, -0.15) is 5.10 Å². The Morgan fingerprint density at radius 3 is 2.76 bits per heavy atom. The minimum absolute atomic E-state index is 0.194. The number of aliphatic carboxylic acids is 1. The number of nitrogens with zero attached hydrogens (tertiary/aromatic N) is 2. The smallest absolute Gasteiger partial charge is 0.332 e. The second-order valence-corrected chi connectivity index (χ2v) is 4.26. The summed E-state index contributed by atoms with van der Waals surface area (Å²) in [6.45, 7) is 4.91. The number of amides is 1. The first-order valence-corrected chi connectivity index (χ1v) is 6.28. The molecule has 1 rings (SSSR count). The molecule has 0 bridgehead atoms. The van der Waals surface area contributed by atoms with Gasteiger partial charge in [0.05, 0.1) is 18.4 Å². The molecule has 1 aromatic rings. The first-order chi connectivity index (χ1) is 9.85. The Morgan fingerprint density at radius 1 is 1.52 bits per heavy atom. The van der Waals surface area contributed by atoms with E-state index in [9.17, 15) is 14.4 Å². The molecule has 2 N–H and O–H groups in total. The lowest BCUT2D eigenvalue weighted by Gasteiger charge is -2.05. The van der Waals surface area contributed by atoms with Gasteiger partial charge in [-0.25, -0.2) is 9.59 Å². The maximum Gasteiger partial charge on any atom is 0.332 e. The molecular formula is C13H17N3O5. The Kier molecular flexibility index (Phi) is 5.65. The molecule has 0 saturated heterocycles. The largest absolute Gasteiger partial charge is 0.480 e. The number of ether oxygens (including phenoxy) is 1. The van der Waals surface area contributed by atoms with Gasteiger partial charge in [-0.3, -0.25) is 9.48 Å². The molecule has 0 spiro atoms. The van der Waals surface area contributed by atoms with E-state index in [0.717, 1.165) is 6.08 Å². The highest BCUT2D eigenvalue weighted by Crippen LogP contribution is 2.07. The van der Waals surface area contributed by atoms with Crippen LogP contribution in [0.15, 0.2) is 24.2 Å². The minimum atomic E-state index is -1.05. The predicted octanol–water partition coefficient (Wildman–Crippen LogP) is 0.725. The van der Waals surface area contributed by atoms with Crippen LogP contribution in [-0.4, -0.2) is 39.3 Å². The van der Waals surface area contributed by atoms with Gasteiger partial charge in [-0.05, 0) is 20.8 Å². The number of carbonyl (C=O) groups is 3. The number of hydrogen-bond donors (Lipinski definition) is 2. The summed E-state index contributed by atoms with van der Waals surface area (Å²) < 4.78 is 5.88. The van der Waals surface area contributed by atoms with E-state index >= 15 is 0 Å². The molecule has 0 aliphatic rings. The van der Waals surface area contributed by atoms with Crippen LogP contribution < -0.4 is 5.32 Å². The summed E-state index contributed by atoms with van der Waals surface area (Å²) in [5.41, 5.74) is 0.511. The van der Waals surface area contributed by atoms with Crippen LogP contribution in [0.4, 0.5) is 0 Å². The maximum atomic E-state index is 11.9. The summed E-state index contributed by atoms with van der Waals surface area (Å²) in [5, 5.41) is 15.2. The molecule has 1 heterocycles. The molecule has 0 aliphatic heterocycles. The van der Waals surface area contributed by atoms with Gasteiger partial charge >= 0.3 is 11.9 Å². The molecule has 114 valence electrons. The monoisotopic (exact) mass is 295 g/mol. The highest BCUT2D eigenvalue weighted by molar-refractivity contribution is 5.95. The van der Waals surface area contributed by atoms with Gasteiger partial charge in [-0.15, -0.1) is 0 Å². The van der Waals surface area contributed by atoms with Crippen molar-refractivity contribution in [2.45, 2.75) is 26.8 Å². The number of carbonyl (C=O) groups excluding carboxylic acids is 2. The van der Waals surface area contributed by atoms with E-state index in [2.05, 4.69) is 10.4 Å². The van der Waals surface area contributed by atoms with Crippen molar-refractivity contribution in [1.29, 1.82) is 0 Å². The molecule has 0 aliphatic carbocycles. The van der Waals surface area contributed by atoms with Crippen molar-refractivity contribution in [3.05, 3.63) is 29.7 Å². The molecule has 1 aromatic heterocycles. The third-order valence-electron chi connectivity index (χ3n) is 2.55. The molecule has 21 heavy (non-hydrogen) atoms. The Bertz CT molecular complexity index is 576. The third kappa shape index (κ3) is 4.75. The number of rotatable bonds is 6. The minimum Gasteiger partial charge on any atom is -0.480 e. The summed E-state index contributed by atoms with van der Waals surface area (Å²) in [6, 6.07) is -0.872. The first kappa shape index (κ1) is 16.4. The topological polar surface area (TPSA) is 111 Å². The van der Waals surface area contributed by atoms with E-state index in [-0.39, 0.29) is 12.2 Å². The average Bonchev–Trinajstić information content (AvgIpc) is 2.87. The Balaban J connectivity index is 2.72. The maximum absolute atomic E-state index is 11.9. The van der Waals surface area contributed by atoms with E-state index in [1.54, 1.807) is 13.8 Å². The molecule has 0 radical (unpaired) electrons. The summed E-state index contributed by atoms with van der Waals surface area (Å²) in [7, 11) is 0. The Morgan fingerprint density at radius 2 is 2.19 bits per heavy atom. The average molecular weight is 295 g/mol. The first-order valence-electron chi connectivity index (χ1n) is 6.28. The van der Waals surface area contributed by atoms with Gasteiger partial charge < -0.3 is 15.2 Å². The SMILES string of the molecule is CCOC(=O)/C=C(\C)NC(=O)c1cnn(C(C)C(=O)O)c1. The normalized spacial score (nSPS) is 12.6. The summed E-state index contributed by atoms with van der Waals surface area (Å²) in [6.07, 6.45) is 3.74. The number of hydrogen-bond acceptors (Lipinski definition) is 5. The number of allylic oxidation sites excluding steroid dienone is 1. The summed E-state index contributed by atoms with van der Waals surface area (Å²) in [5.74, 6) is -2.09. The van der Waals surface area contributed by atoms with Crippen LogP contribution in [0.25, 0.3) is 0 Å². The number of carboxylic acids is 1. The number of carboxylic acid groups (broad SMARTS) is 1. The van der Waals surface area contributed by atoms with Crippen molar-refractivity contribution in [1.82, 2.24) is 15.1 Å². The highest BCUT2D eigenvalue weighted by Gasteiger charge is 2.16. The van der Waals surface area contributed by atoms with E-state index in [0.29, 0.717) is 5.70 Å². The molecule has 0 saturated carbocycles. The Hall–Kier alpha value is -2.64. The van der Waals surface area contributed by atoms with Crippen molar-refractivity contribution >= 4 is 17.8 Å². The zero-order chi connectivity index (χ0) is 16.0. The van der Waals surface area contributed by atoms with Gasteiger partial charge in [0.1, 0.15) is 6.04 Å². The number of aromatic nitrogens is 2. The fourth-order valence-corrected chi connectivity index (χ4v) is 1.43. The van der Waals surface area contributed by atoms with Gasteiger partial charge in [0, 0.05) is 18.0 Å². The Labute approximate surface area is 121 Å². The van der Waals surface area contributed by atoms with Gasteiger partial charge in [-0.1, -0.05) is 0 Å². The summed E-state index contributed by atoms with van der Waals surface area (Å²) >= 11 is 0. The van der Waals surface area contributed by atoms with E-state index < -0.39 is 23.9 Å². The van der Waals surface area contributed by atoms with Crippen molar-refractivity contribution in [2.75, 3.05) is 6.61 Å². The second-order valence-electron chi connectivity index (χ2n) is 4.26. The predicted molar refractivity (Wildman–Crippen MR) is 72.4 cm³/mol. The van der Waals surface area contributed by atoms with Crippen molar-refractivity contribution in [3.63, 3.8) is 0 Å². The van der Waals surface area contributed by atoms with Gasteiger partial charge in [0.25, 0.3) is 5.91 Å². The molecule has 8 nitrogen and oxygen atoms in total. The molecule has 1 unspecified atom stereocenters. The lowest BCUT2D eigenvalue weighted by Crippen LogP contribution is -2.22. The molecule has 0 aromatic carbocycles. The van der Waals surface area contributed by atoms with Crippen LogP contribution in [0.5, 0.6) is 0 Å². The van der Waals surface area contributed by atoms with Crippen LogP contribution >= 0.6 is 0 Å². The van der Waals surface area contributed by atoms with Crippen LogP contribution in [0, 0.1) is 0 Å². The van der Waals surface area contributed by atoms with Gasteiger partial charge in [0.2, 0.25) is 0 Å². The standard InChI is InChI=1S/C13H17N3O5/c1-4-21-11(17)5-8(2)15-12(18)10-6-14-16(7-10)9(3)13(19)20/h5-7,9H,4H2,1-3H3,(H,15,18)(H,19,20)/b8-5+. The molecule has 1 atom stereocenters. The van der Waals surface area contributed by atoms with Crippen molar-refractivity contribution in [3.8, 4) is 0 Å². The fraction of sp³-hybridized carbons (Fsp3) is 0.385. The molecule has 8 heteroatoms.